The van der Waals surface area contributed by atoms with Gasteiger partial charge in [-0.3, -0.25) is 5.32 Å². The zero-order valence-electron chi connectivity index (χ0n) is 14.7. The van der Waals surface area contributed by atoms with E-state index in [1.165, 1.54) is 11.1 Å². The molecule has 0 aliphatic heterocycles. The van der Waals surface area contributed by atoms with Crippen molar-refractivity contribution in [2.24, 2.45) is 0 Å². The number of rotatable bonds is 3. The summed E-state index contributed by atoms with van der Waals surface area (Å²) in [5.41, 5.74) is 5.49. The minimum Gasteiger partial charge on any atom is -0.410 e. The summed E-state index contributed by atoms with van der Waals surface area (Å²) in [4.78, 5) is 19.7. The summed E-state index contributed by atoms with van der Waals surface area (Å²) < 4.78 is 5.40. The second-order valence-electron chi connectivity index (χ2n) is 6.65. The first-order valence-corrected chi connectivity index (χ1v) is 8.86. The molecule has 2 aromatic carbocycles. The van der Waals surface area contributed by atoms with Crippen molar-refractivity contribution in [1.29, 1.82) is 0 Å². The number of imidazole rings is 1. The second-order valence-corrected chi connectivity index (χ2v) is 6.65. The van der Waals surface area contributed by atoms with E-state index in [0.717, 1.165) is 36.2 Å². The smallest absolute Gasteiger partial charge is 0.410 e. The van der Waals surface area contributed by atoms with Gasteiger partial charge in [-0.2, -0.15) is 0 Å². The predicted molar refractivity (Wildman–Crippen MR) is 101 cm³/mol. The molecule has 1 aromatic heterocycles. The fraction of sp³-hybridized carbons (Fsp3) is 0.238. The normalized spacial score (nSPS) is 16.0. The molecular weight excluding hydrogens is 326 g/mol. The molecular formula is C21H21N3O2. The van der Waals surface area contributed by atoms with E-state index in [1.807, 2.05) is 37.4 Å². The lowest BCUT2D eigenvalue weighted by Crippen LogP contribution is -2.20. The number of anilines is 1. The third-order valence-electron chi connectivity index (χ3n) is 4.87. The van der Waals surface area contributed by atoms with E-state index in [0.29, 0.717) is 5.75 Å². The van der Waals surface area contributed by atoms with Crippen molar-refractivity contribution >= 4 is 11.8 Å². The van der Waals surface area contributed by atoms with Gasteiger partial charge in [-0.15, -0.1) is 0 Å². The van der Waals surface area contributed by atoms with E-state index in [9.17, 15) is 4.79 Å². The van der Waals surface area contributed by atoms with E-state index in [1.54, 1.807) is 18.5 Å². The van der Waals surface area contributed by atoms with Crippen LogP contribution in [0.1, 0.15) is 41.1 Å². The molecule has 1 heterocycles. The van der Waals surface area contributed by atoms with E-state index < -0.39 is 6.09 Å². The van der Waals surface area contributed by atoms with Crippen LogP contribution in [0.25, 0.3) is 0 Å². The molecule has 0 radical (unpaired) electrons. The van der Waals surface area contributed by atoms with Crippen molar-refractivity contribution in [2.45, 2.75) is 32.1 Å². The van der Waals surface area contributed by atoms with Crippen LogP contribution in [-0.2, 0) is 6.42 Å². The number of nitrogens with zero attached hydrogens (tertiary/aromatic N) is 1. The standard InChI is InChI=1S/C21H21N3O2/c1-14-8-10-15(11-9-14)26-21(25)24-19-7-3-4-16-17(19)5-2-6-18(16)20-12-22-13-23-20/h3-4,7-13,18H,2,5-6H2,1H3,(H,22,23)(H,24,25). The number of benzene rings is 2. The summed E-state index contributed by atoms with van der Waals surface area (Å²) in [6, 6.07) is 13.5. The summed E-state index contributed by atoms with van der Waals surface area (Å²) in [5.74, 6) is 0.823. The number of nitrogens with one attached hydrogen (secondary N) is 2. The van der Waals surface area contributed by atoms with Crippen LogP contribution < -0.4 is 10.1 Å². The Morgan fingerprint density at radius 2 is 2.08 bits per heavy atom. The van der Waals surface area contributed by atoms with E-state index >= 15 is 0 Å². The number of carbonyl (C=O) groups is 1. The highest BCUT2D eigenvalue weighted by atomic mass is 16.6. The Bertz CT molecular complexity index is 902. The fourth-order valence-corrected chi connectivity index (χ4v) is 3.59. The lowest BCUT2D eigenvalue weighted by atomic mass is 9.80. The number of aromatic nitrogens is 2. The Morgan fingerprint density at radius 1 is 1.23 bits per heavy atom. The highest BCUT2D eigenvalue weighted by Gasteiger charge is 2.25. The maximum Gasteiger partial charge on any atom is 0.417 e. The van der Waals surface area contributed by atoms with Crippen molar-refractivity contribution in [3.63, 3.8) is 0 Å². The number of ether oxygens (including phenoxy) is 1. The summed E-state index contributed by atoms with van der Waals surface area (Å²) in [7, 11) is 0. The van der Waals surface area contributed by atoms with Gasteiger partial charge >= 0.3 is 6.09 Å². The number of hydrogen-bond acceptors (Lipinski definition) is 3. The van der Waals surface area contributed by atoms with Gasteiger partial charge in [0.05, 0.1) is 6.33 Å². The van der Waals surface area contributed by atoms with E-state index in [2.05, 4.69) is 21.4 Å². The number of aryl methyl sites for hydroxylation is 1. The molecule has 5 nitrogen and oxygen atoms in total. The Morgan fingerprint density at radius 3 is 2.85 bits per heavy atom. The first kappa shape index (κ1) is 16.4. The quantitative estimate of drug-likeness (QED) is 0.715. The summed E-state index contributed by atoms with van der Waals surface area (Å²) in [6.07, 6.45) is 6.22. The molecule has 0 saturated heterocycles. The van der Waals surface area contributed by atoms with Gasteiger partial charge < -0.3 is 9.72 Å². The van der Waals surface area contributed by atoms with Gasteiger partial charge in [0.2, 0.25) is 0 Å². The van der Waals surface area contributed by atoms with Gasteiger partial charge in [-0.1, -0.05) is 29.8 Å². The lowest BCUT2D eigenvalue weighted by molar-refractivity contribution is 0.215. The number of carbonyl (C=O) groups excluding carboxylic acids is 1. The van der Waals surface area contributed by atoms with Crippen LogP contribution in [0.15, 0.2) is 55.0 Å². The van der Waals surface area contributed by atoms with Crippen molar-refractivity contribution in [3.8, 4) is 5.75 Å². The van der Waals surface area contributed by atoms with Crippen molar-refractivity contribution < 1.29 is 9.53 Å². The third kappa shape index (κ3) is 3.33. The molecule has 0 fully saturated rings. The number of hydrogen-bond donors (Lipinski definition) is 2. The first-order valence-electron chi connectivity index (χ1n) is 8.86. The molecule has 0 bridgehead atoms. The molecule has 132 valence electrons. The molecule has 4 rings (SSSR count). The molecule has 5 heteroatoms. The van der Waals surface area contributed by atoms with Crippen molar-refractivity contribution in [1.82, 2.24) is 9.97 Å². The summed E-state index contributed by atoms with van der Waals surface area (Å²) >= 11 is 0. The van der Waals surface area contributed by atoms with E-state index in [-0.39, 0.29) is 5.92 Å². The number of H-pyrrole nitrogens is 1. The molecule has 1 aliphatic rings. The molecule has 1 unspecified atom stereocenters. The maximum absolute atomic E-state index is 12.3. The average Bonchev–Trinajstić information content (AvgIpc) is 3.18. The van der Waals surface area contributed by atoms with Gasteiger partial charge in [-0.05, 0) is 55.5 Å². The average molecular weight is 347 g/mol. The van der Waals surface area contributed by atoms with E-state index in [4.69, 9.17) is 4.74 Å². The summed E-state index contributed by atoms with van der Waals surface area (Å²) in [5, 5.41) is 2.91. The zero-order valence-corrected chi connectivity index (χ0v) is 14.7. The fourth-order valence-electron chi connectivity index (χ4n) is 3.59. The van der Waals surface area contributed by atoms with Crippen molar-refractivity contribution in [2.75, 3.05) is 5.32 Å². The molecule has 1 amide bonds. The maximum atomic E-state index is 12.3. The minimum atomic E-state index is -0.467. The van der Waals surface area contributed by atoms with Gasteiger partial charge in [0.15, 0.2) is 0 Å². The van der Waals surface area contributed by atoms with Crippen LogP contribution in [-0.4, -0.2) is 16.1 Å². The Hall–Kier alpha value is -3.08. The Balaban J connectivity index is 1.55. The molecule has 1 aliphatic carbocycles. The van der Waals surface area contributed by atoms with Crippen LogP contribution >= 0.6 is 0 Å². The Kier molecular flexibility index (Phi) is 4.44. The Labute approximate surface area is 152 Å². The lowest BCUT2D eigenvalue weighted by Gasteiger charge is -2.26. The third-order valence-corrected chi connectivity index (χ3v) is 4.87. The molecule has 26 heavy (non-hydrogen) atoms. The topological polar surface area (TPSA) is 67.0 Å². The van der Waals surface area contributed by atoms with Crippen LogP contribution in [0.3, 0.4) is 0 Å². The zero-order chi connectivity index (χ0) is 17.9. The first-order chi connectivity index (χ1) is 12.7. The van der Waals surface area contributed by atoms with Crippen LogP contribution in [0, 0.1) is 6.92 Å². The number of aromatic amines is 1. The number of amides is 1. The predicted octanol–water partition coefficient (Wildman–Crippen LogP) is 4.80. The van der Waals surface area contributed by atoms with Crippen LogP contribution in [0.4, 0.5) is 10.5 Å². The largest absolute Gasteiger partial charge is 0.417 e. The van der Waals surface area contributed by atoms with Gasteiger partial charge in [0.1, 0.15) is 5.75 Å². The highest BCUT2D eigenvalue weighted by Crippen LogP contribution is 2.38. The summed E-state index contributed by atoms with van der Waals surface area (Å²) in [6.45, 7) is 2.00. The van der Waals surface area contributed by atoms with Crippen LogP contribution in [0.2, 0.25) is 0 Å². The van der Waals surface area contributed by atoms with Gasteiger partial charge in [0, 0.05) is 23.5 Å². The van der Waals surface area contributed by atoms with Crippen LogP contribution in [0.5, 0.6) is 5.75 Å². The second kappa shape index (κ2) is 7.04. The molecule has 1 atom stereocenters. The van der Waals surface area contributed by atoms with Gasteiger partial charge in [-0.25, -0.2) is 9.78 Å². The number of fused-ring (bicyclic) bond motifs is 1. The molecule has 0 spiro atoms. The van der Waals surface area contributed by atoms with Gasteiger partial charge in [0.25, 0.3) is 0 Å². The molecule has 3 aromatic rings. The minimum absolute atomic E-state index is 0.288. The monoisotopic (exact) mass is 347 g/mol. The molecule has 0 saturated carbocycles. The molecule has 2 N–H and O–H groups in total. The van der Waals surface area contributed by atoms with Crippen molar-refractivity contribution in [3.05, 3.63) is 77.4 Å². The highest BCUT2D eigenvalue weighted by molar-refractivity contribution is 5.87. The SMILES string of the molecule is Cc1ccc(OC(=O)Nc2cccc3c2CCCC3c2cnc[nH]2)cc1.